The molecule has 108 valence electrons. The lowest BCUT2D eigenvalue weighted by atomic mass is 10.2. The third-order valence-electron chi connectivity index (χ3n) is 3.32. The number of methoxy groups -OCH3 is 1. The highest BCUT2D eigenvalue weighted by molar-refractivity contribution is 5.61. The number of hydrogen-bond acceptors (Lipinski definition) is 5. The topological polar surface area (TPSA) is 68.7 Å². The third kappa shape index (κ3) is 2.47. The maximum absolute atomic E-state index is 5.72. The van der Waals surface area contributed by atoms with E-state index in [1.165, 1.54) is 5.56 Å². The summed E-state index contributed by atoms with van der Waals surface area (Å²) in [6, 6.07) is 14.1. The summed E-state index contributed by atoms with van der Waals surface area (Å²) in [5.74, 6) is 1.78. The summed E-state index contributed by atoms with van der Waals surface area (Å²) in [5, 5.41) is 4.25. The van der Waals surface area contributed by atoms with Gasteiger partial charge in [0.25, 0.3) is 0 Å². The van der Waals surface area contributed by atoms with Gasteiger partial charge in [0.15, 0.2) is 5.75 Å². The van der Waals surface area contributed by atoms with Crippen molar-refractivity contribution in [3.63, 3.8) is 0 Å². The Labute approximate surface area is 122 Å². The normalized spacial score (nSPS) is 10.8. The van der Waals surface area contributed by atoms with E-state index in [9.17, 15) is 0 Å². The first kappa shape index (κ1) is 13.2. The van der Waals surface area contributed by atoms with Crippen LogP contribution in [0.25, 0.3) is 5.65 Å². The van der Waals surface area contributed by atoms with Gasteiger partial charge in [-0.25, -0.2) is 0 Å². The molecule has 2 N–H and O–H groups in total. The Hall–Kier alpha value is -2.76. The highest BCUT2D eigenvalue weighted by Crippen LogP contribution is 2.25. The van der Waals surface area contributed by atoms with E-state index >= 15 is 0 Å². The first-order valence-electron chi connectivity index (χ1n) is 6.63. The molecule has 2 heterocycles. The van der Waals surface area contributed by atoms with Crippen molar-refractivity contribution in [2.24, 2.45) is 0 Å². The number of rotatable bonds is 4. The molecule has 0 amide bonds. The zero-order valence-corrected chi connectivity index (χ0v) is 12.0. The Bertz CT molecular complexity index is 753. The molecule has 0 unspecified atom stereocenters. The number of hydrogen-bond donors (Lipinski definition) is 1. The Balaban J connectivity index is 2.00. The number of nitrogen functional groups attached to an aromatic ring is 1. The van der Waals surface area contributed by atoms with E-state index in [2.05, 4.69) is 27.1 Å². The van der Waals surface area contributed by atoms with Crippen LogP contribution in [-0.4, -0.2) is 28.8 Å². The maximum atomic E-state index is 5.72. The van der Waals surface area contributed by atoms with Gasteiger partial charge in [0.1, 0.15) is 5.82 Å². The molecule has 0 saturated carbocycles. The molecule has 0 spiro atoms. The van der Waals surface area contributed by atoms with Crippen molar-refractivity contribution in [3.8, 4) is 5.75 Å². The Morgan fingerprint density at radius 1 is 1.19 bits per heavy atom. The van der Waals surface area contributed by atoms with Gasteiger partial charge < -0.3 is 15.4 Å². The van der Waals surface area contributed by atoms with Crippen LogP contribution in [0.15, 0.2) is 42.5 Å². The van der Waals surface area contributed by atoms with Crippen LogP contribution >= 0.6 is 0 Å². The number of nitrogens with zero attached hydrogens (tertiary/aromatic N) is 4. The molecule has 0 atom stereocenters. The monoisotopic (exact) mass is 283 g/mol. The zero-order valence-electron chi connectivity index (χ0n) is 12.0. The summed E-state index contributed by atoms with van der Waals surface area (Å²) in [4.78, 5) is 6.31. The average molecular weight is 283 g/mol. The van der Waals surface area contributed by atoms with Gasteiger partial charge in [-0.05, 0) is 17.7 Å². The van der Waals surface area contributed by atoms with Crippen LogP contribution in [0.3, 0.4) is 0 Å². The first-order valence-corrected chi connectivity index (χ1v) is 6.63. The quantitative estimate of drug-likeness (QED) is 0.792. The first-order chi connectivity index (χ1) is 10.2. The minimum atomic E-state index is 0.230. The number of pyridine rings is 1. The van der Waals surface area contributed by atoms with Gasteiger partial charge in [0.2, 0.25) is 11.6 Å². The molecule has 0 aliphatic carbocycles. The predicted molar refractivity (Wildman–Crippen MR) is 82.5 cm³/mol. The third-order valence-corrected chi connectivity index (χ3v) is 3.32. The minimum Gasteiger partial charge on any atom is -0.493 e. The van der Waals surface area contributed by atoms with Crippen LogP contribution in [0.2, 0.25) is 0 Å². The standard InChI is InChI=1S/C15H17N5O/c1-19(10-11-6-4-3-5-7-11)13-9-8-12(21-2)14-17-15(16)18-20(13)14/h3-9H,10H2,1-2H3,(H2,16,18). The summed E-state index contributed by atoms with van der Waals surface area (Å²) in [6.45, 7) is 0.766. The van der Waals surface area contributed by atoms with Crippen molar-refractivity contribution in [2.75, 3.05) is 24.8 Å². The largest absolute Gasteiger partial charge is 0.493 e. The van der Waals surface area contributed by atoms with Crippen molar-refractivity contribution < 1.29 is 4.74 Å². The lowest BCUT2D eigenvalue weighted by Crippen LogP contribution is -2.19. The fraction of sp³-hybridized carbons (Fsp3) is 0.200. The summed E-state index contributed by atoms with van der Waals surface area (Å²) in [6.07, 6.45) is 0. The lowest BCUT2D eigenvalue weighted by Gasteiger charge is -2.20. The van der Waals surface area contributed by atoms with Gasteiger partial charge in [-0.2, -0.15) is 9.50 Å². The molecule has 6 heteroatoms. The Kier molecular flexibility index (Phi) is 3.35. The average Bonchev–Trinajstić information content (AvgIpc) is 2.88. The molecule has 0 saturated heterocycles. The van der Waals surface area contributed by atoms with Crippen molar-refractivity contribution in [3.05, 3.63) is 48.0 Å². The second-order valence-corrected chi connectivity index (χ2v) is 4.81. The highest BCUT2D eigenvalue weighted by Gasteiger charge is 2.13. The SMILES string of the molecule is COc1ccc(N(C)Cc2ccccc2)n2nc(N)nc12. The van der Waals surface area contributed by atoms with Gasteiger partial charge >= 0.3 is 0 Å². The number of ether oxygens (including phenoxy) is 1. The smallest absolute Gasteiger partial charge is 0.240 e. The van der Waals surface area contributed by atoms with Gasteiger partial charge in [-0.3, -0.25) is 0 Å². The Morgan fingerprint density at radius 2 is 1.95 bits per heavy atom. The molecule has 0 fully saturated rings. The number of fused-ring (bicyclic) bond motifs is 1. The lowest BCUT2D eigenvalue weighted by molar-refractivity contribution is 0.416. The van der Waals surface area contributed by atoms with Crippen molar-refractivity contribution in [2.45, 2.75) is 6.54 Å². The van der Waals surface area contributed by atoms with E-state index < -0.39 is 0 Å². The summed E-state index contributed by atoms with van der Waals surface area (Å²) < 4.78 is 7.00. The second kappa shape index (κ2) is 5.32. The summed E-state index contributed by atoms with van der Waals surface area (Å²) in [5.41, 5.74) is 7.56. The number of benzene rings is 1. The van der Waals surface area contributed by atoms with E-state index in [1.54, 1.807) is 11.6 Å². The van der Waals surface area contributed by atoms with Crippen LogP contribution < -0.4 is 15.4 Å². The fourth-order valence-corrected chi connectivity index (χ4v) is 2.33. The van der Waals surface area contributed by atoms with Gasteiger partial charge in [-0.15, -0.1) is 5.10 Å². The molecule has 0 aliphatic heterocycles. The molecular formula is C15H17N5O. The molecule has 0 aliphatic rings. The molecule has 0 radical (unpaired) electrons. The maximum Gasteiger partial charge on any atom is 0.240 e. The number of aromatic nitrogens is 3. The van der Waals surface area contributed by atoms with Crippen LogP contribution in [0.4, 0.5) is 11.8 Å². The summed E-state index contributed by atoms with van der Waals surface area (Å²) >= 11 is 0. The molecule has 21 heavy (non-hydrogen) atoms. The number of anilines is 2. The van der Waals surface area contributed by atoms with E-state index in [1.807, 2.05) is 37.4 Å². The fourth-order valence-electron chi connectivity index (χ4n) is 2.33. The van der Waals surface area contributed by atoms with Crippen LogP contribution in [0.5, 0.6) is 5.75 Å². The molecule has 3 rings (SSSR count). The molecular weight excluding hydrogens is 266 g/mol. The zero-order chi connectivity index (χ0) is 14.8. The summed E-state index contributed by atoms with van der Waals surface area (Å²) in [7, 11) is 3.61. The van der Waals surface area contributed by atoms with Gasteiger partial charge in [-0.1, -0.05) is 30.3 Å². The molecule has 2 aromatic heterocycles. The van der Waals surface area contributed by atoms with Crippen molar-refractivity contribution >= 4 is 17.4 Å². The van der Waals surface area contributed by atoms with E-state index in [4.69, 9.17) is 10.5 Å². The van der Waals surface area contributed by atoms with E-state index in [-0.39, 0.29) is 5.95 Å². The molecule has 3 aromatic rings. The second-order valence-electron chi connectivity index (χ2n) is 4.81. The molecule has 6 nitrogen and oxygen atoms in total. The van der Waals surface area contributed by atoms with Crippen molar-refractivity contribution in [1.29, 1.82) is 0 Å². The molecule has 1 aromatic carbocycles. The highest BCUT2D eigenvalue weighted by atomic mass is 16.5. The minimum absolute atomic E-state index is 0.230. The molecule has 0 bridgehead atoms. The van der Waals surface area contributed by atoms with E-state index in [0.717, 1.165) is 12.4 Å². The van der Waals surface area contributed by atoms with Gasteiger partial charge in [0.05, 0.1) is 7.11 Å². The van der Waals surface area contributed by atoms with Crippen LogP contribution in [-0.2, 0) is 6.54 Å². The van der Waals surface area contributed by atoms with Crippen LogP contribution in [0, 0.1) is 0 Å². The Morgan fingerprint density at radius 3 is 2.67 bits per heavy atom. The van der Waals surface area contributed by atoms with Gasteiger partial charge in [0, 0.05) is 13.6 Å². The predicted octanol–water partition coefficient (Wildman–Crippen LogP) is 1.96. The van der Waals surface area contributed by atoms with E-state index in [0.29, 0.717) is 11.4 Å². The number of nitrogens with two attached hydrogens (primary N) is 1. The van der Waals surface area contributed by atoms with Crippen molar-refractivity contribution in [1.82, 2.24) is 14.6 Å². The van der Waals surface area contributed by atoms with Crippen LogP contribution in [0.1, 0.15) is 5.56 Å².